The Balaban J connectivity index is 1.49. The third-order valence-corrected chi connectivity index (χ3v) is 4.13. The van der Waals surface area contributed by atoms with Crippen LogP contribution in [-0.4, -0.2) is 16.0 Å². The first-order valence-corrected chi connectivity index (χ1v) is 8.10. The monoisotopic (exact) mass is 355 g/mol. The molecule has 0 aliphatic carbocycles. The molecule has 25 heavy (non-hydrogen) atoms. The fourth-order valence-electron chi connectivity index (χ4n) is 2.16. The van der Waals surface area contributed by atoms with Crippen molar-refractivity contribution in [2.45, 2.75) is 0 Å². The lowest BCUT2D eigenvalue weighted by Crippen LogP contribution is -2.11. The summed E-state index contributed by atoms with van der Waals surface area (Å²) in [6, 6.07) is 10.9. The standard InChI is InChI=1S/C17H10FN3O3S/c18-11-5-3-10(4-6-11)13-9-25-17(19-13)20-16(22)12-8-15(24-21-12)14-2-1-7-23-14/h1-9H,(H,19,20,22). The fraction of sp³-hybridized carbons (Fsp3) is 0. The molecule has 0 spiro atoms. The number of halogens is 1. The third-order valence-electron chi connectivity index (χ3n) is 3.37. The topological polar surface area (TPSA) is 81.2 Å². The maximum absolute atomic E-state index is 13.0. The number of nitrogens with zero attached hydrogens (tertiary/aromatic N) is 2. The molecule has 3 heterocycles. The maximum Gasteiger partial charge on any atom is 0.279 e. The van der Waals surface area contributed by atoms with Gasteiger partial charge in [0, 0.05) is 17.0 Å². The van der Waals surface area contributed by atoms with Gasteiger partial charge in [-0.2, -0.15) is 0 Å². The predicted molar refractivity (Wildman–Crippen MR) is 89.7 cm³/mol. The van der Waals surface area contributed by atoms with Crippen molar-refractivity contribution < 1.29 is 18.1 Å². The summed E-state index contributed by atoms with van der Waals surface area (Å²) < 4.78 is 23.3. The number of amides is 1. The molecule has 8 heteroatoms. The Morgan fingerprint density at radius 1 is 1.16 bits per heavy atom. The number of carbonyl (C=O) groups excluding carboxylic acids is 1. The number of furan rings is 1. The smallest absolute Gasteiger partial charge is 0.279 e. The normalized spacial score (nSPS) is 10.8. The van der Waals surface area contributed by atoms with Gasteiger partial charge in [0.15, 0.2) is 16.6 Å². The Hall–Kier alpha value is -3.26. The molecule has 0 saturated heterocycles. The van der Waals surface area contributed by atoms with E-state index in [2.05, 4.69) is 15.5 Å². The Kier molecular flexibility index (Phi) is 3.87. The van der Waals surface area contributed by atoms with Gasteiger partial charge in [-0.15, -0.1) is 11.3 Å². The highest BCUT2D eigenvalue weighted by Gasteiger charge is 2.16. The molecule has 0 fully saturated rings. The van der Waals surface area contributed by atoms with Crippen LogP contribution in [0, 0.1) is 5.82 Å². The number of anilines is 1. The molecule has 0 unspecified atom stereocenters. The molecule has 1 amide bonds. The highest BCUT2D eigenvalue weighted by molar-refractivity contribution is 7.14. The summed E-state index contributed by atoms with van der Waals surface area (Å²) in [7, 11) is 0. The van der Waals surface area contributed by atoms with Gasteiger partial charge in [-0.25, -0.2) is 9.37 Å². The average Bonchev–Trinajstić information content (AvgIpc) is 3.36. The van der Waals surface area contributed by atoms with Gasteiger partial charge in [-0.05, 0) is 36.4 Å². The highest BCUT2D eigenvalue weighted by Crippen LogP contribution is 2.26. The summed E-state index contributed by atoms with van der Waals surface area (Å²) in [6.45, 7) is 0. The number of carbonyl (C=O) groups is 1. The lowest BCUT2D eigenvalue weighted by Gasteiger charge is -1.97. The third kappa shape index (κ3) is 3.20. The van der Waals surface area contributed by atoms with Gasteiger partial charge in [-0.3, -0.25) is 10.1 Å². The van der Waals surface area contributed by atoms with Crippen LogP contribution in [0.25, 0.3) is 22.8 Å². The molecule has 0 aliphatic rings. The van der Waals surface area contributed by atoms with Gasteiger partial charge in [-0.1, -0.05) is 5.16 Å². The molecule has 0 bridgehead atoms. The molecule has 0 atom stereocenters. The van der Waals surface area contributed by atoms with Crippen LogP contribution in [0.2, 0.25) is 0 Å². The predicted octanol–water partition coefficient (Wildman–Crippen LogP) is 4.45. The molecular weight excluding hydrogens is 345 g/mol. The Morgan fingerprint density at radius 3 is 2.76 bits per heavy atom. The lowest BCUT2D eigenvalue weighted by atomic mass is 10.2. The van der Waals surface area contributed by atoms with Crippen molar-refractivity contribution in [3.8, 4) is 22.8 Å². The number of hydrogen-bond acceptors (Lipinski definition) is 6. The van der Waals surface area contributed by atoms with E-state index in [-0.39, 0.29) is 11.5 Å². The molecule has 124 valence electrons. The van der Waals surface area contributed by atoms with Crippen LogP contribution < -0.4 is 5.32 Å². The van der Waals surface area contributed by atoms with E-state index in [0.717, 1.165) is 5.56 Å². The largest absolute Gasteiger partial charge is 0.461 e. The quantitative estimate of drug-likeness (QED) is 0.585. The number of hydrogen-bond donors (Lipinski definition) is 1. The van der Waals surface area contributed by atoms with E-state index in [1.807, 2.05) is 0 Å². The molecule has 0 saturated carbocycles. The summed E-state index contributed by atoms with van der Waals surface area (Å²) in [5.74, 6) is 0.0909. The average molecular weight is 355 g/mol. The van der Waals surface area contributed by atoms with E-state index in [9.17, 15) is 9.18 Å². The van der Waals surface area contributed by atoms with E-state index in [4.69, 9.17) is 8.94 Å². The van der Waals surface area contributed by atoms with E-state index < -0.39 is 5.91 Å². The maximum atomic E-state index is 13.0. The van der Waals surface area contributed by atoms with E-state index in [1.165, 1.54) is 35.8 Å². The summed E-state index contributed by atoms with van der Waals surface area (Å²) in [4.78, 5) is 16.6. The molecular formula is C17H10FN3O3S. The fourth-order valence-corrected chi connectivity index (χ4v) is 2.88. The van der Waals surface area contributed by atoms with Crippen LogP contribution in [0.15, 0.2) is 63.0 Å². The van der Waals surface area contributed by atoms with E-state index >= 15 is 0 Å². The second kappa shape index (κ2) is 6.33. The van der Waals surface area contributed by atoms with Crippen LogP contribution in [0.5, 0.6) is 0 Å². The second-order valence-corrected chi connectivity index (χ2v) is 5.91. The van der Waals surface area contributed by atoms with Gasteiger partial charge >= 0.3 is 0 Å². The van der Waals surface area contributed by atoms with E-state index in [1.54, 1.807) is 29.6 Å². The first-order chi connectivity index (χ1) is 12.2. The molecule has 3 aromatic heterocycles. The Bertz CT molecular complexity index is 1010. The zero-order chi connectivity index (χ0) is 17.2. The summed E-state index contributed by atoms with van der Waals surface area (Å²) in [5.41, 5.74) is 1.53. The number of aromatic nitrogens is 2. The zero-order valence-electron chi connectivity index (χ0n) is 12.6. The van der Waals surface area contributed by atoms with Crippen molar-refractivity contribution in [3.63, 3.8) is 0 Å². The minimum absolute atomic E-state index is 0.116. The van der Waals surface area contributed by atoms with Crippen molar-refractivity contribution in [1.82, 2.24) is 10.1 Å². The van der Waals surface area contributed by atoms with Crippen molar-refractivity contribution in [2.24, 2.45) is 0 Å². The van der Waals surface area contributed by atoms with Crippen molar-refractivity contribution >= 4 is 22.4 Å². The summed E-state index contributed by atoms with van der Waals surface area (Å²) in [6.07, 6.45) is 1.50. The number of benzene rings is 1. The summed E-state index contributed by atoms with van der Waals surface area (Å²) >= 11 is 1.26. The summed E-state index contributed by atoms with van der Waals surface area (Å²) in [5, 5.41) is 8.58. The van der Waals surface area contributed by atoms with Gasteiger partial charge in [0.05, 0.1) is 12.0 Å². The molecule has 1 aromatic carbocycles. The highest BCUT2D eigenvalue weighted by atomic mass is 32.1. The number of thiazole rings is 1. The van der Waals surface area contributed by atoms with Gasteiger partial charge in [0.1, 0.15) is 5.82 Å². The first-order valence-electron chi connectivity index (χ1n) is 7.22. The number of nitrogens with one attached hydrogen (secondary N) is 1. The molecule has 4 rings (SSSR count). The Labute approximate surface area is 144 Å². The molecule has 4 aromatic rings. The first kappa shape index (κ1) is 15.3. The molecule has 6 nitrogen and oxygen atoms in total. The van der Waals surface area contributed by atoms with Gasteiger partial charge < -0.3 is 8.94 Å². The lowest BCUT2D eigenvalue weighted by molar-refractivity contribution is 0.101. The van der Waals surface area contributed by atoms with Gasteiger partial charge in [0.25, 0.3) is 5.91 Å². The molecule has 1 N–H and O–H groups in total. The van der Waals surface area contributed by atoms with Crippen LogP contribution in [0.4, 0.5) is 9.52 Å². The van der Waals surface area contributed by atoms with Crippen molar-refractivity contribution in [2.75, 3.05) is 5.32 Å². The van der Waals surface area contributed by atoms with Crippen LogP contribution in [0.3, 0.4) is 0 Å². The van der Waals surface area contributed by atoms with Crippen molar-refractivity contribution in [3.05, 3.63) is 65.6 Å². The SMILES string of the molecule is O=C(Nc1nc(-c2ccc(F)cc2)cs1)c1cc(-c2ccco2)on1. The van der Waals surface area contributed by atoms with Crippen LogP contribution >= 0.6 is 11.3 Å². The Morgan fingerprint density at radius 2 is 2.00 bits per heavy atom. The van der Waals surface area contributed by atoms with Crippen molar-refractivity contribution in [1.29, 1.82) is 0 Å². The number of rotatable bonds is 4. The van der Waals surface area contributed by atoms with Crippen LogP contribution in [-0.2, 0) is 0 Å². The second-order valence-electron chi connectivity index (χ2n) is 5.05. The van der Waals surface area contributed by atoms with Gasteiger partial charge in [0.2, 0.25) is 5.76 Å². The molecule has 0 aliphatic heterocycles. The minimum Gasteiger partial charge on any atom is -0.461 e. The van der Waals surface area contributed by atoms with E-state index in [0.29, 0.717) is 22.3 Å². The molecule has 0 radical (unpaired) electrons. The minimum atomic E-state index is -0.443. The zero-order valence-corrected chi connectivity index (χ0v) is 13.4. The van der Waals surface area contributed by atoms with Crippen LogP contribution in [0.1, 0.15) is 10.5 Å².